The van der Waals surface area contributed by atoms with Crippen molar-refractivity contribution in [1.82, 2.24) is 19.5 Å². The van der Waals surface area contributed by atoms with E-state index >= 15 is 0 Å². The van der Waals surface area contributed by atoms with E-state index in [1.54, 1.807) is 0 Å². The van der Waals surface area contributed by atoms with Crippen molar-refractivity contribution in [2.24, 2.45) is 0 Å². The summed E-state index contributed by atoms with van der Waals surface area (Å²) in [5, 5.41) is 0. The smallest absolute Gasteiger partial charge is 0.127 e. The van der Waals surface area contributed by atoms with E-state index in [1.165, 1.54) is 0 Å². The number of aromatic nitrogens is 4. The standard InChI is InChI=1S/C56H52N4O6/c1-4-12-40(13-5-1)53-44-20-21-45(57-44)54(41-14-6-2-7-15-41)47-23-25-49(59-47)56-43-18-10-11-19-52(43)66-39-38-65-37-36-64-35-34-63-33-32-62-31-30-61-29-28-60-50(26-27-51(56)60)55(42-16-8-3-9-17-42)48-24-22-46(53)58-48/h1-27,57H,28-39H2. The van der Waals surface area contributed by atoms with Crippen LogP contribution in [-0.4, -0.2) is 92.2 Å². The van der Waals surface area contributed by atoms with Crippen LogP contribution in [0.15, 0.2) is 140 Å². The normalized spacial score (nSPS) is 15.5. The lowest BCUT2D eigenvalue weighted by Gasteiger charge is -2.16. The van der Waals surface area contributed by atoms with Crippen molar-refractivity contribution in [2.75, 3.05) is 72.7 Å². The van der Waals surface area contributed by atoms with Gasteiger partial charge in [-0.1, -0.05) is 109 Å². The summed E-state index contributed by atoms with van der Waals surface area (Å²) in [5.41, 5.74) is 15.2. The highest BCUT2D eigenvalue weighted by Crippen LogP contribution is 2.41. The first kappa shape index (κ1) is 43.0. The highest BCUT2D eigenvalue weighted by atomic mass is 16.6. The van der Waals surface area contributed by atoms with Crippen molar-refractivity contribution in [3.63, 3.8) is 0 Å². The van der Waals surface area contributed by atoms with Crippen LogP contribution >= 0.6 is 0 Å². The third-order valence-electron chi connectivity index (χ3n) is 11.8. The molecule has 3 aliphatic heterocycles. The van der Waals surface area contributed by atoms with E-state index in [2.05, 4.69) is 149 Å². The van der Waals surface area contributed by atoms with Gasteiger partial charge < -0.3 is 38.0 Å². The fourth-order valence-electron chi connectivity index (χ4n) is 8.79. The number of hydrogen-bond donors (Lipinski definition) is 1. The predicted octanol–water partition coefficient (Wildman–Crippen LogP) is 11.3. The summed E-state index contributed by atoms with van der Waals surface area (Å²) < 4.78 is 38.5. The Balaban J connectivity index is 1.28. The number of rotatable bonds is 3. The maximum absolute atomic E-state index is 6.60. The third kappa shape index (κ3) is 9.55. The zero-order valence-electron chi connectivity index (χ0n) is 36.9. The number of nitrogens with zero attached hydrogens (tertiary/aromatic N) is 3. The molecule has 0 radical (unpaired) electrons. The van der Waals surface area contributed by atoms with Crippen molar-refractivity contribution < 1.29 is 28.4 Å². The number of fused-ring (bicyclic) bond motifs is 9. The molecule has 4 aromatic carbocycles. The minimum Gasteiger partial charge on any atom is -0.491 e. The van der Waals surface area contributed by atoms with Gasteiger partial charge in [-0.05, 0) is 71.3 Å². The largest absolute Gasteiger partial charge is 0.491 e. The topological polar surface area (TPSA) is 102 Å². The highest BCUT2D eigenvalue weighted by molar-refractivity contribution is 6.00. The molecular weight excluding hydrogens is 825 g/mol. The van der Waals surface area contributed by atoms with Crippen molar-refractivity contribution in [3.05, 3.63) is 162 Å². The molecule has 6 heterocycles. The van der Waals surface area contributed by atoms with E-state index in [0.717, 1.165) is 95.1 Å². The van der Waals surface area contributed by atoms with Crippen molar-refractivity contribution in [1.29, 1.82) is 0 Å². The van der Waals surface area contributed by atoms with Crippen LogP contribution < -0.4 is 4.74 Å². The van der Waals surface area contributed by atoms with Crippen molar-refractivity contribution in [2.45, 2.75) is 6.54 Å². The van der Waals surface area contributed by atoms with Crippen molar-refractivity contribution >= 4 is 46.4 Å². The van der Waals surface area contributed by atoms with Gasteiger partial charge in [0.2, 0.25) is 0 Å². The fourth-order valence-corrected chi connectivity index (χ4v) is 8.79. The molecule has 0 saturated carbocycles. The first-order valence-electron chi connectivity index (χ1n) is 22.7. The van der Waals surface area contributed by atoms with Crippen LogP contribution in [0.5, 0.6) is 5.75 Å². The van der Waals surface area contributed by atoms with Crippen LogP contribution in [-0.2, 0) is 30.2 Å². The van der Waals surface area contributed by atoms with E-state index in [4.69, 9.17) is 38.4 Å². The first-order valence-corrected chi connectivity index (χ1v) is 22.7. The molecule has 0 unspecified atom stereocenters. The molecule has 3 aromatic heterocycles. The number of ether oxygens (including phenoxy) is 6. The summed E-state index contributed by atoms with van der Waals surface area (Å²) >= 11 is 0. The van der Waals surface area contributed by atoms with Crippen LogP contribution in [0.4, 0.5) is 0 Å². The monoisotopic (exact) mass is 876 g/mol. The molecule has 0 aliphatic carbocycles. The van der Waals surface area contributed by atoms with E-state index < -0.39 is 0 Å². The average molecular weight is 877 g/mol. The van der Waals surface area contributed by atoms with Gasteiger partial charge >= 0.3 is 0 Å². The zero-order chi connectivity index (χ0) is 44.3. The second-order valence-corrected chi connectivity index (χ2v) is 16.0. The molecule has 0 saturated heterocycles. The predicted molar refractivity (Wildman–Crippen MR) is 264 cm³/mol. The molecule has 10 nitrogen and oxygen atoms in total. The molecule has 10 rings (SSSR count). The molecule has 1 N–H and O–H groups in total. The van der Waals surface area contributed by atoms with Gasteiger partial charge in [-0.25, -0.2) is 9.97 Å². The van der Waals surface area contributed by atoms with E-state index in [0.29, 0.717) is 79.2 Å². The number of hydrogen-bond acceptors (Lipinski definition) is 8. The minimum atomic E-state index is 0.354. The van der Waals surface area contributed by atoms with E-state index in [1.807, 2.05) is 24.3 Å². The van der Waals surface area contributed by atoms with Crippen LogP contribution in [0.2, 0.25) is 0 Å². The van der Waals surface area contributed by atoms with Gasteiger partial charge in [0, 0.05) is 45.4 Å². The molecule has 7 aromatic rings. The van der Waals surface area contributed by atoms with Gasteiger partial charge in [-0.2, -0.15) is 0 Å². The summed E-state index contributed by atoms with van der Waals surface area (Å²) in [7, 11) is 0. The van der Waals surface area contributed by atoms with Gasteiger partial charge in [0.15, 0.2) is 0 Å². The molecule has 0 atom stereocenters. The summed E-state index contributed by atoms with van der Waals surface area (Å²) in [4.78, 5) is 14.9. The van der Waals surface area contributed by atoms with Crippen LogP contribution in [0.25, 0.3) is 90.9 Å². The van der Waals surface area contributed by atoms with E-state index in [9.17, 15) is 0 Å². The number of H-pyrrole nitrogens is 1. The van der Waals surface area contributed by atoms with Gasteiger partial charge in [0.1, 0.15) is 12.4 Å². The molecule has 3 aliphatic rings. The Hall–Kier alpha value is -6.92. The summed E-state index contributed by atoms with van der Waals surface area (Å²) in [6, 6.07) is 48.4. The van der Waals surface area contributed by atoms with Crippen LogP contribution in [0.3, 0.4) is 0 Å². The molecule has 10 heteroatoms. The average Bonchev–Trinajstić information content (AvgIpc) is 4.21. The third-order valence-corrected chi connectivity index (χ3v) is 11.8. The van der Waals surface area contributed by atoms with E-state index in [-0.39, 0.29) is 0 Å². The molecule has 0 amide bonds. The molecule has 10 bridgehead atoms. The lowest BCUT2D eigenvalue weighted by molar-refractivity contribution is -0.0129. The highest BCUT2D eigenvalue weighted by Gasteiger charge is 2.22. The Morgan fingerprint density at radius 3 is 1.27 bits per heavy atom. The first-order chi connectivity index (χ1) is 32.8. The SMILES string of the molecule is C1=Cc2nc1c(-c1ccccc1)c1ccc([nH]1)c(-c1ccccc1)c1nc(c3c4ccc(c2-c2ccccc2)n4CCOCCOCCOCCOCCOCCOc2ccccc2-3)C=C1. The second-order valence-electron chi connectivity index (χ2n) is 16.0. The Bertz CT molecular complexity index is 3000. The second kappa shape index (κ2) is 20.9. The van der Waals surface area contributed by atoms with Gasteiger partial charge in [0.25, 0.3) is 0 Å². The molecular formula is C56H52N4O6. The number of para-hydroxylation sites is 1. The van der Waals surface area contributed by atoms with Crippen LogP contribution in [0, 0.1) is 0 Å². The lowest BCUT2D eigenvalue weighted by atomic mass is 10.0. The fraction of sp³-hybridized carbons (Fsp3) is 0.214. The summed E-state index contributed by atoms with van der Waals surface area (Å²) in [6.07, 6.45) is 8.54. The van der Waals surface area contributed by atoms with Crippen LogP contribution in [0.1, 0.15) is 22.8 Å². The molecule has 332 valence electrons. The summed E-state index contributed by atoms with van der Waals surface area (Å²) in [6.45, 7) is 5.49. The quantitative estimate of drug-likeness (QED) is 0.187. The van der Waals surface area contributed by atoms with Gasteiger partial charge in [0.05, 0.1) is 99.9 Å². The maximum atomic E-state index is 6.60. The molecule has 0 fully saturated rings. The van der Waals surface area contributed by atoms with Crippen molar-refractivity contribution in [3.8, 4) is 50.3 Å². The molecule has 66 heavy (non-hydrogen) atoms. The van der Waals surface area contributed by atoms with Gasteiger partial charge in [-0.3, -0.25) is 0 Å². The number of aromatic amines is 1. The number of nitrogens with one attached hydrogen (secondary N) is 1. The lowest BCUT2D eigenvalue weighted by Crippen LogP contribution is -2.14. The van der Waals surface area contributed by atoms with Gasteiger partial charge in [-0.15, -0.1) is 0 Å². The molecule has 0 spiro atoms. The number of benzene rings is 4. The zero-order valence-corrected chi connectivity index (χ0v) is 36.9. The Morgan fingerprint density at radius 2 is 0.758 bits per heavy atom. The Labute approximate surface area is 384 Å². The Morgan fingerprint density at radius 1 is 0.364 bits per heavy atom. The Kier molecular flexibility index (Phi) is 13.6. The summed E-state index contributed by atoms with van der Waals surface area (Å²) in [5.74, 6) is 0.726. The minimum absolute atomic E-state index is 0.354. The maximum Gasteiger partial charge on any atom is 0.127 e.